The Morgan fingerprint density at radius 1 is 1.18 bits per heavy atom. The van der Waals surface area contributed by atoms with Gasteiger partial charge in [-0.15, -0.1) is 0 Å². The molecule has 1 aliphatic rings. The van der Waals surface area contributed by atoms with E-state index in [0.29, 0.717) is 6.04 Å². The van der Waals surface area contributed by atoms with Crippen LogP contribution < -0.4 is 10.6 Å². The van der Waals surface area contributed by atoms with Crippen molar-refractivity contribution in [1.82, 2.24) is 10.6 Å². The van der Waals surface area contributed by atoms with Gasteiger partial charge in [0.15, 0.2) is 0 Å². The van der Waals surface area contributed by atoms with Crippen LogP contribution in [0.5, 0.6) is 0 Å². The van der Waals surface area contributed by atoms with Crippen LogP contribution in [0, 0.1) is 0 Å². The molecule has 1 amide bonds. The molecule has 0 radical (unpaired) electrons. The van der Waals surface area contributed by atoms with E-state index in [4.69, 9.17) is 9.47 Å². The molecule has 130 valence electrons. The third kappa shape index (κ3) is 9.26. The largest absolute Gasteiger partial charge is 0.444 e. The number of amides is 1. The molecule has 0 spiro atoms. The minimum absolute atomic E-state index is 0.210. The highest BCUT2D eigenvalue weighted by atomic mass is 16.6. The number of nitrogens with one attached hydrogen (secondary N) is 2. The second-order valence-electron chi connectivity index (χ2n) is 7.13. The van der Waals surface area contributed by atoms with Crippen LogP contribution >= 0.6 is 0 Å². The van der Waals surface area contributed by atoms with Crippen molar-refractivity contribution < 1.29 is 14.3 Å². The Labute approximate surface area is 135 Å². The summed E-state index contributed by atoms with van der Waals surface area (Å²) >= 11 is 0. The van der Waals surface area contributed by atoms with Crippen LogP contribution in [0.1, 0.15) is 66.2 Å². The minimum Gasteiger partial charge on any atom is -0.444 e. The minimum atomic E-state index is -0.438. The summed E-state index contributed by atoms with van der Waals surface area (Å²) in [5.41, 5.74) is -0.438. The smallest absolute Gasteiger partial charge is 0.407 e. The van der Waals surface area contributed by atoms with Crippen LogP contribution in [0.25, 0.3) is 0 Å². The first kappa shape index (κ1) is 19.2. The van der Waals surface area contributed by atoms with Crippen molar-refractivity contribution in [1.29, 1.82) is 0 Å². The van der Waals surface area contributed by atoms with E-state index in [1.165, 1.54) is 12.8 Å². The second kappa shape index (κ2) is 10.1. The highest BCUT2D eigenvalue weighted by Crippen LogP contribution is 2.19. The fourth-order valence-corrected chi connectivity index (χ4v) is 2.66. The van der Waals surface area contributed by atoms with E-state index >= 15 is 0 Å². The number of hydrogen-bond donors (Lipinski definition) is 2. The quantitative estimate of drug-likeness (QED) is 0.675. The molecule has 5 nitrogen and oxygen atoms in total. The van der Waals surface area contributed by atoms with Gasteiger partial charge in [0.1, 0.15) is 5.60 Å². The van der Waals surface area contributed by atoms with Crippen molar-refractivity contribution in [2.24, 2.45) is 0 Å². The van der Waals surface area contributed by atoms with Crippen LogP contribution in [0.4, 0.5) is 4.79 Å². The van der Waals surface area contributed by atoms with Gasteiger partial charge < -0.3 is 20.1 Å². The lowest BCUT2D eigenvalue weighted by Gasteiger charge is -2.31. The zero-order valence-electron chi connectivity index (χ0n) is 14.7. The lowest BCUT2D eigenvalue weighted by molar-refractivity contribution is 0.0487. The fourth-order valence-electron chi connectivity index (χ4n) is 2.66. The molecule has 22 heavy (non-hydrogen) atoms. The van der Waals surface area contributed by atoms with E-state index in [9.17, 15) is 4.79 Å². The molecule has 5 heteroatoms. The van der Waals surface area contributed by atoms with Crippen molar-refractivity contribution in [3.8, 4) is 0 Å². The molecule has 0 aliphatic heterocycles. The van der Waals surface area contributed by atoms with Crippen LogP contribution in [0.2, 0.25) is 0 Å². The maximum Gasteiger partial charge on any atom is 0.407 e. The molecule has 1 fully saturated rings. The molecule has 0 aromatic rings. The number of alkyl carbamates (subject to hydrolysis) is 1. The maximum atomic E-state index is 11.8. The van der Waals surface area contributed by atoms with Gasteiger partial charge in [-0.1, -0.05) is 13.3 Å². The monoisotopic (exact) mass is 314 g/mol. The van der Waals surface area contributed by atoms with Crippen molar-refractivity contribution in [2.75, 3.05) is 19.8 Å². The molecule has 0 aromatic heterocycles. The third-order valence-corrected chi connectivity index (χ3v) is 3.72. The Morgan fingerprint density at radius 2 is 1.91 bits per heavy atom. The van der Waals surface area contributed by atoms with E-state index in [1.807, 2.05) is 20.8 Å². The van der Waals surface area contributed by atoms with Gasteiger partial charge in [0.05, 0.1) is 6.61 Å². The number of carbonyl (C=O) groups is 1. The molecule has 2 unspecified atom stereocenters. The van der Waals surface area contributed by atoms with Crippen LogP contribution in [-0.2, 0) is 9.47 Å². The predicted octanol–water partition coefficient (Wildman–Crippen LogP) is 3.23. The number of ether oxygens (including phenoxy) is 2. The summed E-state index contributed by atoms with van der Waals surface area (Å²) in [6, 6.07) is 0.672. The zero-order chi connectivity index (χ0) is 16.4. The van der Waals surface area contributed by atoms with Crippen LogP contribution in [-0.4, -0.2) is 43.5 Å². The van der Waals surface area contributed by atoms with E-state index in [0.717, 1.165) is 45.4 Å². The Morgan fingerprint density at radius 3 is 2.59 bits per heavy atom. The first-order valence-electron chi connectivity index (χ1n) is 8.71. The Kier molecular flexibility index (Phi) is 8.79. The Balaban J connectivity index is 2.17. The van der Waals surface area contributed by atoms with Crippen LogP contribution in [0.3, 0.4) is 0 Å². The van der Waals surface area contributed by atoms with E-state index in [2.05, 4.69) is 17.6 Å². The van der Waals surface area contributed by atoms with Gasteiger partial charge in [-0.2, -0.15) is 0 Å². The summed E-state index contributed by atoms with van der Waals surface area (Å²) in [6.07, 6.45) is 6.30. The third-order valence-electron chi connectivity index (χ3n) is 3.72. The molecule has 1 aliphatic carbocycles. The molecule has 0 bridgehead atoms. The normalized spacial score (nSPS) is 22.4. The molecule has 2 atom stereocenters. The van der Waals surface area contributed by atoms with Gasteiger partial charge in [-0.25, -0.2) is 4.79 Å². The maximum absolute atomic E-state index is 11.8. The van der Waals surface area contributed by atoms with Crippen molar-refractivity contribution in [2.45, 2.75) is 83.9 Å². The standard InChI is InChI=1S/C17H34N2O3/c1-5-6-11-21-12-10-18-14-8-7-9-15(13-14)19-16(20)22-17(2,3)4/h14-15,18H,5-13H2,1-4H3,(H,19,20). The molecule has 0 saturated heterocycles. The average Bonchev–Trinajstić information content (AvgIpc) is 2.41. The summed E-state index contributed by atoms with van der Waals surface area (Å²) in [5.74, 6) is 0. The summed E-state index contributed by atoms with van der Waals surface area (Å²) in [5, 5.41) is 6.52. The number of hydrogen-bond acceptors (Lipinski definition) is 4. The first-order valence-corrected chi connectivity index (χ1v) is 8.71. The summed E-state index contributed by atoms with van der Waals surface area (Å²) in [7, 11) is 0. The second-order valence-corrected chi connectivity index (χ2v) is 7.13. The van der Waals surface area contributed by atoms with Gasteiger partial charge in [0, 0.05) is 25.2 Å². The van der Waals surface area contributed by atoms with E-state index in [-0.39, 0.29) is 12.1 Å². The molecular weight excluding hydrogens is 280 g/mol. The SMILES string of the molecule is CCCCOCCNC1CCCC(NC(=O)OC(C)(C)C)C1. The zero-order valence-corrected chi connectivity index (χ0v) is 14.7. The first-order chi connectivity index (χ1) is 10.4. The highest BCUT2D eigenvalue weighted by molar-refractivity contribution is 5.68. The highest BCUT2D eigenvalue weighted by Gasteiger charge is 2.25. The molecule has 2 N–H and O–H groups in total. The van der Waals surface area contributed by atoms with Crippen molar-refractivity contribution in [3.05, 3.63) is 0 Å². The lowest BCUT2D eigenvalue weighted by Crippen LogP contribution is -2.46. The fraction of sp³-hybridized carbons (Fsp3) is 0.941. The lowest BCUT2D eigenvalue weighted by atomic mass is 9.91. The van der Waals surface area contributed by atoms with Crippen molar-refractivity contribution in [3.63, 3.8) is 0 Å². The number of carbonyl (C=O) groups excluding carboxylic acids is 1. The predicted molar refractivity (Wildman–Crippen MR) is 89.1 cm³/mol. The van der Waals surface area contributed by atoms with E-state index in [1.54, 1.807) is 0 Å². The van der Waals surface area contributed by atoms with E-state index < -0.39 is 5.60 Å². The molecule has 1 saturated carbocycles. The van der Waals surface area contributed by atoms with Gasteiger partial charge in [0.25, 0.3) is 0 Å². The topological polar surface area (TPSA) is 59.6 Å². The Bertz CT molecular complexity index is 316. The summed E-state index contributed by atoms with van der Waals surface area (Å²) < 4.78 is 10.9. The summed E-state index contributed by atoms with van der Waals surface area (Å²) in [6.45, 7) is 10.3. The van der Waals surface area contributed by atoms with Gasteiger partial charge in [-0.3, -0.25) is 0 Å². The molecule has 0 aromatic carbocycles. The molecular formula is C17H34N2O3. The van der Waals surface area contributed by atoms with Gasteiger partial charge in [0.2, 0.25) is 0 Å². The number of rotatable bonds is 8. The molecule has 0 heterocycles. The number of unbranched alkanes of at least 4 members (excludes halogenated alkanes) is 1. The molecule has 1 rings (SSSR count). The Hall–Kier alpha value is -0.810. The van der Waals surface area contributed by atoms with Gasteiger partial charge >= 0.3 is 6.09 Å². The van der Waals surface area contributed by atoms with Crippen LogP contribution in [0.15, 0.2) is 0 Å². The average molecular weight is 314 g/mol. The summed E-state index contributed by atoms with van der Waals surface area (Å²) in [4.78, 5) is 11.8. The van der Waals surface area contributed by atoms with Crippen molar-refractivity contribution >= 4 is 6.09 Å². The van der Waals surface area contributed by atoms with Gasteiger partial charge in [-0.05, 0) is 52.9 Å².